The fourth-order valence-corrected chi connectivity index (χ4v) is 4.01. The largest absolute Gasteiger partial charge is 0.339 e. The molecule has 0 aliphatic carbocycles. The lowest BCUT2D eigenvalue weighted by Gasteiger charge is -2.19. The standard InChI is InChI=1S/C22H21BrN2O2S/c1-3-25(15(2)26)14-16-5-4-6-19(13-16)24-22(27)21-12-11-20(28-21)17-7-9-18(23)10-8-17/h4-13H,3,14H2,1-2H3,(H,24,27). The third-order valence-corrected chi connectivity index (χ3v) is 6.01. The lowest BCUT2D eigenvalue weighted by molar-refractivity contribution is -0.129. The van der Waals surface area contributed by atoms with Crippen LogP contribution in [0.3, 0.4) is 0 Å². The summed E-state index contributed by atoms with van der Waals surface area (Å²) in [5.41, 5.74) is 2.79. The number of benzene rings is 2. The molecule has 0 radical (unpaired) electrons. The van der Waals surface area contributed by atoms with E-state index in [0.29, 0.717) is 18.0 Å². The molecule has 0 aliphatic heterocycles. The van der Waals surface area contributed by atoms with Crippen molar-refractivity contribution in [1.29, 1.82) is 0 Å². The van der Waals surface area contributed by atoms with Crippen molar-refractivity contribution < 1.29 is 9.59 Å². The lowest BCUT2D eigenvalue weighted by Crippen LogP contribution is -2.27. The first kappa shape index (κ1) is 20.3. The van der Waals surface area contributed by atoms with Crippen LogP contribution in [0.1, 0.15) is 29.1 Å². The summed E-state index contributed by atoms with van der Waals surface area (Å²) in [7, 11) is 0. The highest BCUT2D eigenvalue weighted by molar-refractivity contribution is 9.10. The fraction of sp³-hybridized carbons (Fsp3) is 0.182. The summed E-state index contributed by atoms with van der Waals surface area (Å²) >= 11 is 4.90. The number of nitrogens with one attached hydrogen (secondary N) is 1. The van der Waals surface area contributed by atoms with Gasteiger partial charge < -0.3 is 10.2 Å². The van der Waals surface area contributed by atoms with Gasteiger partial charge in [0.1, 0.15) is 0 Å². The van der Waals surface area contributed by atoms with Gasteiger partial charge in [0.05, 0.1) is 4.88 Å². The van der Waals surface area contributed by atoms with Crippen LogP contribution in [0, 0.1) is 0 Å². The van der Waals surface area contributed by atoms with Crippen LogP contribution in [0.2, 0.25) is 0 Å². The molecule has 4 nitrogen and oxygen atoms in total. The molecule has 0 spiro atoms. The highest BCUT2D eigenvalue weighted by atomic mass is 79.9. The van der Waals surface area contributed by atoms with Gasteiger partial charge in [0.25, 0.3) is 5.91 Å². The quantitative estimate of drug-likeness (QED) is 0.509. The Morgan fingerprint density at radius 3 is 2.50 bits per heavy atom. The van der Waals surface area contributed by atoms with Crippen LogP contribution in [0.25, 0.3) is 10.4 Å². The Bertz CT molecular complexity index is 982. The van der Waals surface area contributed by atoms with E-state index in [1.54, 1.807) is 11.8 Å². The molecule has 0 saturated heterocycles. The molecule has 0 atom stereocenters. The predicted molar refractivity (Wildman–Crippen MR) is 119 cm³/mol. The Balaban J connectivity index is 1.70. The second kappa shape index (κ2) is 9.17. The first-order valence-corrected chi connectivity index (χ1v) is 10.6. The summed E-state index contributed by atoms with van der Waals surface area (Å²) < 4.78 is 1.03. The van der Waals surface area contributed by atoms with Crippen molar-refractivity contribution in [3.63, 3.8) is 0 Å². The molecule has 0 fully saturated rings. The van der Waals surface area contributed by atoms with E-state index in [-0.39, 0.29) is 11.8 Å². The molecule has 0 bridgehead atoms. The average molecular weight is 457 g/mol. The molecule has 0 unspecified atom stereocenters. The van der Waals surface area contributed by atoms with Crippen LogP contribution in [-0.4, -0.2) is 23.3 Å². The molecule has 1 aromatic heterocycles. The summed E-state index contributed by atoms with van der Waals surface area (Å²) in [5.74, 6) is -0.0968. The Morgan fingerprint density at radius 1 is 1.07 bits per heavy atom. The van der Waals surface area contributed by atoms with Gasteiger partial charge in [-0.2, -0.15) is 0 Å². The van der Waals surface area contributed by atoms with Crippen LogP contribution in [0.15, 0.2) is 65.1 Å². The zero-order valence-corrected chi connectivity index (χ0v) is 18.1. The van der Waals surface area contributed by atoms with Gasteiger partial charge in [-0.3, -0.25) is 9.59 Å². The maximum atomic E-state index is 12.6. The molecule has 1 N–H and O–H groups in total. The van der Waals surface area contributed by atoms with Crippen LogP contribution in [0.5, 0.6) is 0 Å². The molecular weight excluding hydrogens is 436 g/mol. The minimum atomic E-state index is -0.135. The number of amides is 2. The van der Waals surface area contributed by atoms with E-state index >= 15 is 0 Å². The Kier molecular flexibility index (Phi) is 6.65. The average Bonchev–Trinajstić information content (AvgIpc) is 3.17. The highest BCUT2D eigenvalue weighted by Gasteiger charge is 2.12. The van der Waals surface area contributed by atoms with Crippen LogP contribution in [-0.2, 0) is 11.3 Å². The Hall–Kier alpha value is -2.44. The smallest absolute Gasteiger partial charge is 0.265 e. The normalized spacial score (nSPS) is 10.5. The zero-order valence-electron chi connectivity index (χ0n) is 15.7. The third kappa shape index (κ3) is 5.09. The van der Waals surface area contributed by atoms with Gasteiger partial charge in [-0.25, -0.2) is 0 Å². The second-order valence-electron chi connectivity index (χ2n) is 6.36. The molecule has 0 aliphatic rings. The van der Waals surface area contributed by atoms with Crippen LogP contribution < -0.4 is 5.32 Å². The van der Waals surface area contributed by atoms with Crippen LogP contribution >= 0.6 is 27.3 Å². The molecule has 0 saturated carbocycles. The number of carbonyl (C=O) groups excluding carboxylic acids is 2. The summed E-state index contributed by atoms with van der Waals surface area (Å²) in [6, 6.07) is 19.4. The van der Waals surface area contributed by atoms with Crippen molar-refractivity contribution in [3.8, 4) is 10.4 Å². The van der Waals surface area contributed by atoms with Gasteiger partial charge in [-0.1, -0.05) is 40.2 Å². The summed E-state index contributed by atoms with van der Waals surface area (Å²) in [6.07, 6.45) is 0. The van der Waals surface area contributed by atoms with Crippen molar-refractivity contribution in [2.75, 3.05) is 11.9 Å². The van der Waals surface area contributed by atoms with Crippen molar-refractivity contribution in [1.82, 2.24) is 4.90 Å². The van der Waals surface area contributed by atoms with E-state index in [4.69, 9.17) is 0 Å². The monoisotopic (exact) mass is 456 g/mol. The van der Waals surface area contributed by atoms with Crippen molar-refractivity contribution in [2.45, 2.75) is 20.4 Å². The van der Waals surface area contributed by atoms with E-state index in [1.807, 2.05) is 67.6 Å². The van der Waals surface area contributed by atoms with E-state index in [9.17, 15) is 9.59 Å². The van der Waals surface area contributed by atoms with Gasteiger partial charge in [-0.05, 0) is 54.4 Å². The summed E-state index contributed by atoms with van der Waals surface area (Å²) in [6.45, 7) is 4.70. The van der Waals surface area contributed by atoms with Gasteiger partial charge in [0.2, 0.25) is 5.91 Å². The van der Waals surface area contributed by atoms with Crippen molar-refractivity contribution >= 4 is 44.8 Å². The molecule has 144 valence electrons. The van der Waals surface area contributed by atoms with E-state index in [2.05, 4.69) is 21.2 Å². The molecule has 3 rings (SSSR count). The number of carbonyl (C=O) groups is 2. The number of hydrogen-bond acceptors (Lipinski definition) is 3. The van der Waals surface area contributed by atoms with E-state index in [1.165, 1.54) is 11.3 Å². The van der Waals surface area contributed by atoms with Crippen LogP contribution in [0.4, 0.5) is 5.69 Å². The molecule has 3 aromatic rings. The second-order valence-corrected chi connectivity index (χ2v) is 8.36. The minimum Gasteiger partial charge on any atom is -0.339 e. The number of halogens is 1. The molecule has 2 amide bonds. The molecule has 6 heteroatoms. The van der Waals surface area contributed by atoms with Gasteiger partial charge in [0, 0.05) is 35.1 Å². The Morgan fingerprint density at radius 2 is 1.82 bits per heavy atom. The molecular formula is C22H21BrN2O2S. The number of rotatable bonds is 6. The summed E-state index contributed by atoms with van der Waals surface area (Å²) in [5, 5.41) is 2.95. The van der Waals surface area contributed by atoms with Gasteiger partial charge in [0.15, 0.2) is 0 Å². The third-order valence-electron chi connectivity index (χ3n) is 4.34. The number of anilines is 1. The Labute approximate surface area is 177 Å². The maximum absolute atomic E-state index is 12.6. The first-order valence-electron chi connectivity index (χ1n) is 8.98. The van der Waals surface area contributed by atoms with Gasteiger partial charge in [-0.15, -0.1) is 11.3 Å². The maximum Gasteiger partial charge on any atom is 0.265 e. The van der Waals surface area contributed by atoms with Crippen molar-refractivity contribution in [3.05, 3.63) is 75.6 Å². The lowest BCUT2D eigenvalue weighted by atomic mass is 10.2. The molecule has 28 heavy (non-hydrogen) atoms. The minimum absolute atomic E-state index is 0.0380. The number of thiophene rings is 1. The molecule has 2 aromatic carbocycles. The van der Waals surface area contributed by atoms with E-state index < -0.39 is 0 Å². The zero-order chi connectivity index (χ0) is 20.1. The van der Waals surface area contributed by atoms with Crippen molar-refractivity contribution in [2.24, 2.45) is 0 Å². The predicted octanol–water partition coefficient (Wildman–Crippen LogP) is 5.80. The van der Waals surface area contributed by atoms with E-state index in [0.717, 1.165) is 26.2 Å². The SMILES string of the molecule is CCN(Cc1cccc(NC(=O)c2ccc(-c3ccc(Br)cc3)s2)c1)C(C)=O. The topological polar surface area (TPSA) is 49.4 Å². The number of hydrogen-bond donors (Lipinski definition) is 1. The number of nitrogens with zero attached hydrogens (tertiary/aromatic N) is 1. The summed E-state index contributed by atoms with van der Waals surface area (Å²) in [4.78, 5) is 27.7. The molecule has 1 heterocycles. The highest BCUT2D eigenvalue weighted by Crippen LogP contribution is 2.29. The first-order chi connectivity index (χ1) is 13.5. The van der Waals surface area contributed by atoms with Gasteiger partial charge >= 0.3 is 0 Å². The fourth-order valence-electron chi connectivity index (χ4n) is 2.84.